The molecule has 3 aromatic rings. The fourth-order valence-corrected chi connectivity index (χ4v) is 6.17. The van der Waals surface area contributed by atoms with Crippen LogP contribution in [0.2, 0.25) is 19.6 Å². The third-order valence-electron chi connectivity index (χ3n) is 5.32. The van der Waals surface area contributed by atoms with E-state index in [1.807, 2.05) is 48.0 Å². The van der Waals surface area contributed by atoms with Gasteiger partial charge in [-0.25, -0.2) is 0 Å². The van der Waals surface area contributed by atoms with Gasteiger partial charge in [0.1, 0.15) is 8.07 Å². The van der Waals surface area contributed by atoms with Gasteiger partial charge in [0.2, 0.25) is 0 Å². The number of rotatable bonds is 7. The van der Waals surface area contributed by atoms with Crippen molar-refractivity contribution in [3.8, 4) is 34.7 Å². The Morgan fingerprint density at radius 1 is 0.794 bits per heavy atom. The van der Waals surface area contributed by atoms with Crippen molar-refractivity contribution in [1.29, 1.82) is 0 Å². The SMILES string of the molecule is CCCCc1c(I)sc(C#Cc2ccc(-c3ccc(C#C[Si](C)(C)C)cn3)nc2)c1CCCC. The number of thiophene rings is 1. The number of unbranched alkanes of at least 4 members (excludes halogenated alkanes) is 2. The van der Waals surface area contributed by atoms with Crippen LogP contribution in [0.1, 0.15) is 66.7 Å². The Kier molecular flexibility index (Phi) is 9.94. The summed E-state index contributed by atoms with van der Waals surface area (Å²) in [7, 11) is -1.39. The summed E-state index contributed by atoms with van der Waals surface area (Å²) in [6.45, 7) is 11.2. The number of aromatic nitrogens is 2. The largest absolute Gasteiger partial charge is 0.253 e. The van der Waals surface area contributed by atoms with Crippen LogP contribution in [0.25, 0.3) is 11.4 Å². The van der Waals surface area contributed by atoms with Crippen molar-refractivity contribution in [2.45, 2.75) is 72.0 Å². The fraction of sp³-hybridized carbons (Fsp3) is 0.379. The van der Waals surface area contributed by atoms with E-state index in [2.05, 4.69) is 89.4 Å². The first-order valence-corrected chi connectivity index (χ1v) is 17.5. The van der Waals surface area contributed by atoms with Gasteiger partial charge in [-0.1, -0.05) is 64.1 Å². The predicted octanol–water partition coefficient (Wildman–Crippen LogP) is 8.12. The minimum Gasteiger partial charge on any atom is -0.253 e. The van der Waals surface area contributed by atoms with E-state index < -0.39 is 8.07 Å². The maximum absolute atomic E-state index is 4.62. The van der Waals surface area contributed by atoms with Crippen LogP contribution in [0.5, 0.6) is 0 Å². The molecule has 0 unspecified atom stereocenters. The Balaban J connectivity index is 1.78. The third-order valence-corrected chi connectivity index (χ3v) is 8.48. The molecular weight excluding hydrogens is 563 g/mol. The number of halogens is 1. The summed E-state index contributed by atoms with van der Waals surface area (Å²) in [5.41, 5.74) is 9.98. The Labute approximate surface area is 224 Å². The molecule has 3 heterocycles. The molecule has 0 aromatic carbocycles. The highest BCUT2D eigenvalue weighted by Gasteiger charge is 2.15. The van der Waals surface area contributed by atoms with Crippen LogP contribution in [0.4, 0.5) is 0 Å². The van der Waals surface area contributed by atoms with Crippen molar-refractivity contribution in [1.82, 2.24) is 9.97 Å². The lowest BCUT2D eigenvalue weighted by atomic mass is 10.0. The highest BCUT2D eigenvalue weighted by atomic mass is 127. The van der Waals surface area contributed by atoms with Gasteiger partial charge in [-0.15, -0.1) is 16.9 Å². The molecule has 0 N–H and O–H groups in total. The molecule has 0 spiro atoms. The quantitative estimate of drug-likeness (QED) is 0.156. The van der Waals surface area contributed by atoms with Gasteiger partial charge in [-0.05, 0) is 83.7 Å². The van der Waals surface area contributed by atoms with Crippen LogP contribution in [0.3, 0.4) is 0 Å². The van der Waals surface area contributed by atoms with Gasteiger partial charge in [0.05, 0.1) is 19.1 Å². The standard InChI is InChI=1S/C29H33IN2SSi/c1-6-8-10-24-25(11-9-7-2)29(30)33-28(24)17-14-22-12-15-26(31-20-22)27-16-13-23(21-32-27)18-19-34(3,4)5/h12-13,15-16,20-21H,6-11H2,1-5H3. The molecular formula is C29H33IN2SSi. The fourth-order valence-electron chi connectivity index (χ4n) is 3.42. The van der Waals surface area contributed by atoms with Gasteiger partial charge in [-0.2, -0.15) is 0 Å². The Hall–Kier alpha value is -1.93. The van der Waals surface area contributed by atoms with E-state index in [1.165, 1.54) is 44.6 Å². The maximum Gasteiger partial charge on any atom is 0.129 e. The molecule has 34 heavy (non-hydrogen) atoms. The second-order valence-electron chi connectivity index (χ2n) is 9.48. The summed E-state index contributed by atoms with van der Waals surface area (Å²) in [5, 5.41) is 0. The van der Waals surface area contributed by atoms with Gasteiger partial charge >= 0.3 is 0 Å². The average Bonchev–Trinajstić information content (AvgIpc) is 3.12. The molecule has 3 rings (SSSR count). The summed E-state index contributed by atoms with van der Waals surface area (Å²) in [6.07, 6.45) is 10.9. The van der Waals surface area contributed by atoms with Crippen LogP contribution < -0.4 is 0 Å². The van der Waals surface area contributed by atoms with Crippen molar-refractivity contribution in [3.63, 3.8) is 0 Å². The van der Waals surface area contributed by atoms with Gasteiger partial charge in [0.15, 0.2) is 0 Å². The van der Waals surface area contributed by atoms with Crippen molar-refractivity contribution < 1.29 is 0 Å². The number of hydrogen-bond donors (Lipinski definition) is 0. The van der Waals surface area contributed by atoms with E-state index in [4.69, 9.17) is 0 Å². The van der Waals surface area contributed by atoms with Crippen molar-refractivity contribution in [2.24, 2.45) is 0 Å². The van der Waals surface area contributed by atoms with E-state index in [9.17, 15) is 0 Å². The Morgan fingerprint density at radius 3 is 1.85 bits per heavy atom. The van der Waals surface area contributed by atoms with Crippen molar-refractivity contribution >= 4 is 42.0 Å². The molecule has 5 heteroatoms. The smallest absolute Gasteiger partial charge is 0.129 e. The van der Waals surface area contributed by atoms with Gasteiger partial charge in [-0.3, -0.25) is 9.97 Å². The van der Waals surface area contributed by atoms with Crippen LogP contribution in [0.15, 0.2) is 36.7 Å². The van der Waals surface area contributed by atoms with Crippen LogP contribution in [0, 0.1) is 26.2 Å². The Bertz CT molecular complexity index is 1210. The zero-order valence-corrected chi connectivity index (χ0v) is 24.9. The summed E-state index contributed by atoms with van der Waals surface area (Å²) in [5.74, 6) is 10.1. The highest BCUT2D eigenvalue weighted by Crippen LogP contribution is 2.32. The van der Waals surface area contributed by atoms with E-state index in [0.29, 0.717) is 0 Å². The first-order valence-electron chi connectivity index (χ1n) is 12.1. The molecule has 0 radical (unpaired) electrons. The molecule has 176 valence electrons. The normalized spacial score (nSPS) is 10.9. The molecule has 0 atom stereocenters. The summed E-state index contributed by atoms with van der Waals surface area (Å²) in [6, 6.07) is 8.06. The third kappa shape index (κ3) is 7.80. The summed E-state index contributed by atoms with van der Waals surface area (Å²) < 4.78 is 1.40. The average molecular weight is 597 g/mol. The molecule has 0 aliphatic rings. The zero-order chi connectivity index (χ0) is 24.6. The molecule has 0 fully saturated rings. The number of pyridine rings is 2. The highest BCUT2D eigenvalue weighted by molar-refractivity contribution is 14.1. The molecule has 0 saturated heterocycles. The monoisotopic (exact) mass is 596 g/mol. The predicted molar refractivity (Wildman–Crippen MR) is 158 cm³/mol. The summed E-state index contributed by atoms with van der Waals surface area (Å²) in [4.78, 5) is 10.4. The molecule has 2 nitrogen and oxygen atoms in total. The van der Waals surface area contributed by atoms with Crippen LogP contribution in [-0.2, 0) is 12.8 Å². The molecule has 0 saturated carbocycles. The molecule has 0 aliphatic heterocycles. The Morgan fingerprint density at radius 2 is 1.35 bits per heavy atom. The maximum atomic E-state index is 4.62. The van der Waals surface area contributed by atoms with Crippen molar-refractivity contribution in [3.05, 3.63) is 66.7 Å². The van der Waals surface area contributed by atoms with Gasteiger partial charge in [0.25, 0.3) is 0 Å². The van der Waals surface area contributed by atoms with Crippen molar-refractivity contribution in [2.75, 3.05) is 0 Å². The minimum atomic E-state index is -1.39. The van der Waals surface area contributed by atoms with Crippen LogP contribution >= 0.6 is 33.9 Å². The van der Waals surface area contributed by atoms with E-state index >= 15 is 0 Å². The van der Waals surface area contributed by atoms with E-state index in [1.54, 1.807) is 0 Å². The lowest BCUT2D eigenvalue weighted by molar-refractivity contribution is 0.759. The first kappa shape index (κ1) is 26.7. The number of hydrogen-bond acceptors (Lipinski definition) is 3. The molecule has 0 amide bonds. The second kappa shape index (κ2) is 12.7. The second-order valence-corrected chi connectivity index (χ2v) is 17.1. The first-order chi connectivity index (χ1) is 16.3. The summed E-state index contributed by atoms with van der Waals surface area (Å²) >= 11 is 4.34. The number of nitrogens with zero attached hydrogens (tertiary/aromatic N) is 2. The van der Waals surface area contributed by atoms with E-state index in [-0.39, 0.29) is 0 Å². The zero-order valence-electron chi connectivity index (χ0n) is 20.9. The molecule has 3 aromatic heterocycles. The lowest BCUT2D eigenvalue weighted by Gasteiger charge is -2.05. The van der Waals surface area contributed by atoms with Gasteiger partial charge < -0.3 is 0 Å². The topological polar surface area (TPSA) is 25.8 Å². The van der Waals surface area contributed by atoms with Crippen LogP contribution in [-0.4, -0.2) is 18.0 Å². The lowest BCUT2D eigenvalue weighted by Crippen LogP contribution is -2.16. The van der Waals surface area contributed by atoms with E-state index in [0.717, 1.165) is 35.4 Å². The minimum absolute atomic E-state index is 0.853. The van der Waals surface area contributed by atoms with Gasteiger partial charge in [0, 0.05) is 23.5 Å². The molecule has 0 bridgehead atoms. The molecule has 0 aliphatic carbocycles.